The molecule has 2 atom stereocenters. The molecule has 0 spiro atoms. The van der Waals surface area contributed by atoms with Crippen LogP contribution in [0.5, 0.6) is 0 Å². The first-order chi connectivity index (χ1) is 9.31. The highest BCUT2D eigenvalue weighted by molar-refractivity contribution is 5.15. The van der Waals surface area contributed by atoms with Crippen LogP contribution in [0.3, 0.4) is 0 Å². The number of benzene rings is 1. The van der Waals surface area contributed by atoms with Gasteiger partial charge < -0.3 is 10.4 Å². The van der Waals surface area contributed by atoms with Crippen molar-refractivity contribution in [3.8, 4) is 0 Å². The Morgan fingerprint density at radius 3 is 2.68 bits per heavy atom. The summed E-state index contributed by atoms with van der Waals surface area (Å²) in [7, 11) is 0. The second-order valence-electron chi connectivity index (χ2n) is 6.06. The van der Waals surface area contributed by atoms with Gasteiger partial charge >= 0.3 is 0 Å². The molecule has 1 saturated heterocycles. The van der Waals surface area contributed by atoms with E-state index in [1.807, 2.05) is 0 Å². The van der Waals surface area contributed by atoms with Crippen molar-refractivity contribution >= 4 is 0 Å². The SMILES string of the molecule is OC1CC(CNCC2CC2)N(Cc2ccccc2)C1. The highest BCUT2D eigenvalue weighted by Gasteiger charge is 2.31. The zero-order chi connectivity index (χ0) is 13.1. The third kappa shape index (κ3) is 3.78. The van der Waals surface area contributed by atoms with Gasteiger partial charge in [0.1, 0.15) is 0 Å². The fourth-order valence-electron chi connectivity index (χ4n) is 2.96. The van der Waals surface area contributed by atoms with Crippen molar-refractivity contribution in [1.29, 1.82) is 0 Å². The Morgan fingerprint density at radius 1 is 1.16 bits per heavy atom. The van der Waals surface area contributed by atoms with Crippen molar-refractivity contribution in [3.05, 3.63) is 35.9 Å². The molecule has 3 rings (SSSR count). The Kier molecular flexibility index (Phi) is 4.16. The summed E-state index contributed by atoms with van der Waals surface area (Å²) in [5, 5.41) is 13.5. The molecule has 19 heavy (non-hydrogen) atoms. The summed E-state index contributed by atoms with van der Waals surface area (Å²) < 4.78 is 0. The van der Waals surface area contributed by atoms with E-state index in [2.05, 4.69) is 40.5 Å². The van der Waals surface area contributed by atoms with Crippen LogP contribution < -0.4 is 5.32 Å². The molecule has 0 radical (unpaired) electrons. The molecule has 0 amide bonds. The Hall–Kier alpha value is -0.900. The van der Waals surface area contributed by atoms with Crippen LogP contribution in [0.2, 0.25) is 0 Å². The molecule has 104 valence electrons. The average Bonchev–Trinajstić information content (AvgIpc) is 3.16. The normalized spacial score (nSPS) is 27.8. The molecule has 1 aliphatic heterocycles. The number of aliphatic hydroxyl groups is 1. The van der Waals surface area contributed by atoms with Crippen LogP contribution in [-0.2, 0) is 6.54 Å². The topological polar surface area (TPSA) is 35.5 Å². The molecule has 2 N–H and O–H groups in total. The van der Waals surface area contributed by atoms with E-state index in [9.17, 15) is 5.11 Å². The predicted molar refractivity (Wildman–Crippen MR) is 76.9 cm³/mol. The number of aliphatic hydroxyl groups excluding tert-OH is 1. The quantitative estimate of drug-likeness (QED) is 0.816. The first-order valence-electron chi connectivity index (χ1n) is 7.48. The van der Waals surface area contributed by atoms with Crippen LogP contribution in [0.1, 0.15) is 24.8 Å². The summed E-state index contributed by atoms with van der Waals surface area (Å²) in [6.45, 7) is 3.94. The molecule has 2 fully saturated rings. The van der Waals surface area contributed by atoms with Gasteiger partial charge in [-0.3, -0.25) is 4.90 Å². The van der Waals surface area contributed by atoms with Crippen molar-refractivity contribution in [2.75, 3.05) is 19.6 Å². The zero-order valence-corrected chi connectivity index (χ0v) is 11.5. The lowest BCUT2D eigenvalue weighted by Gasteiger charge is -2.24. The third-order valence-corrected chi connectivity index (χ3v) is 4.24. The van der Waals surface area contributed by atoms with Crippen molar-refractivity contribution in [2.45, 2.75) is 38.0 Å². The van der Waals surface area contributed by atoms with Gasteiger partial charge in [-0.05, 0) is 37.3 Å². The Labute approximate surface area is 115 Å². The molecule has 0 aromatic heterocycles. The lowest BCUT2D eigenvalue weighted by atomic mass is 10.1. The lowest BCUT2D eigenvalue weighted by Crippen LogP contribution is -2.38. The van der Waals surface area contributed by atoms with E-state index in [1.54, 1.807) is 0 Å². The van der Waals surface area contributed by atoms with E-state index >= 15 is 0 Å². The van der Waals surface area contributed by atoms with Gasteiger partial charge in [0.2, 0.25) is 0 Å². The first kappa shape index (κ1) is 13.1. The summed E-state index contributed by atoms with van der Waals surface area (Å²) in [6.07, 6.45) is 3.54. The van der Waals surface area contributed by atoms with Gasteiger partial charge in [-0.1, -0.05) is 30.3 Å². The highest BCUT2D eigenvalue weighted by Crippen LogP contribution is 2.28. The standard InChI is InChI=1S/C16H24N2O/c19-16-8-15(10-17-9-13-6-7-13)18(12-16)11-14-4-2-1-3-5-14/h1-5,13,15-17,19H,6-12H2. The number of nitrogens with zero attached hydrogens (tertiary/aromatic N) is 1. The minimum atomic E-state index is -0.156. The molecule has 3 heteroatoms. The fraction of sp³-hybridized carbons (Fsp3) is 0.625. The van der Waals surface area contributed by atoms with E-state index in [-0.39, 0.29) is 6.10 Å². The van der Waals surface area contributed by atoms with Crippen molar-refractivity contribution in [1.82, 2.24) is 10.2 Å². The molecule has 3 nitrogen and oxygen atoms in total. The minimum Gasteiger partial charge on any atom is -0.392 e. The average molecular weight is 260 g/mol. The number of rotatable bonds is 6. The van der Waals surface area contributed by atoms with Crippen molar-refractivity contribution in [2.24, 2.45) is 5.92 Å². The van der Waals surface area contributed by atoms with Crippen LogP contribution in [-0.4, -0.2) is 41.8 Å². The maximum Gasteiger partial charge on any atom is 0.0682 e. The second kappa shape index (κ2) is 6.04. The Bertz CT molecular complexity index is 391. The smallest absolute Gasteiger partial charge is 0.0682 e. The van der Waals surface area contributed by atoms with Crippen molar-refractivity contribution in [3.63, 3.8) is 0 Å². The van der Waals surface area contributed by atoms with Gasteiger partial charge in [0.05, 0.1) is 6.10 Å². The van der Waals surface area contributed by atoms with Gasteiger partial charge in [-0.25, -0.2) is 0 Å². The number of nitrogens with one attached hydrogen (secondary N) is 1. The molecule has 1 aromatic rings. The largest absolute Gasteiger partial charge is 0.392 e. The Morgan fingerprint density at radius 2 is 1.95 bits per heavy atom. The van der Waals surface area contributed by atoms with Gasteiger partial charge in [-0.15, -0.1) is 0 Å². The number of hydrogen-bond acceptors (Lipinski definition) is 3. The van der Waals surface area contributed by atoms with E-state index in [4.69, 9.17) is 0 Å². The van der Waals surface area contributed by atoms with Gasteiger partial charge in [-0.2, -0.15) is 0 Å². The van der Waals surface area contributed by atoms with Crippen LogP contribution >= 0.6 is 0 Å². The predicted octanol–water partition coefficient (Wildman–Crippen LogP) is 1.62. The summed E-state index contributed by atoms with van der Waals surface area (Å²) in [6, 6.07) is 11.0. The highest BCUT2D eigenvalue weighted by atomic mass is 16.3. The molecule has 1 aromatic carbocycles. The molecular weight excluding hydrogens is 236 g/mol. The molecule has 1 aliphatic carbocycles. The van der Waals surface area contributed by atoms with E-state index in [0.29, 0.717) is 6.04 Å². The van der Waals surface area contributed by atoms with E-state index < -0.39 is 0 Å². The number of β-amino-alcohol motifs (C(OH)–C–C–N with tert-alkyl or cyclic N) is 1. The Balaban J connectivity index is 1.51. The van der Waals surface area contributed by atoms with E-state index in [0.717, 1.165) is 38.5 Å². The summed E-state index contributed by atoms with van der Waals surface area (Å²) in [4.78, 5) is 2.42. The number of hydrogen-bond donors (Lipinski definition) is 2. The maximum absolute atomic E-state index is 9.90. The molecule has 1 saturated carbocycles. The van der Waals surface area contributed by atoms with Gasteiger partial charge in [0.25, 0.3) is 0 Å². The van der Waals surface area contributed by atoms with Crippen LogP contribution in [0.15, 0.2) is 30.3 Å². The molecule has 1 heterocycles. The fourth-order valence-corrected chi connectivity index (χ4v) is 2.96. The van der Waals surface area contributed by atoms with Gasteiger partial charge in [0.15, 0.2) is 0 Å². The van der Waals surface area contributed by atoms with E-state index in [1.165, 1.54) is 18.4 Å². The third-order valence-electron chi connectivity index (χ3n) is 4.24. The summed E-state index contributed by atoms with van der Waals surface area (Å²) in [5.41, 5.74) is 1.34. The monoisotopic (exact) mass is 260 g/mol. The summed E-state index contributed by atoms with van der Waals surface area (Å²) in [5.74, 6) is 0.925. The van der Waals surface area contributed by atoms with Crippen LogP contribution in [0.4, 0.5) is 0 Å². The number of likely N-dealkylation sites (tertiary alicyclic amines) is 1. The van der Waals surface area contributed by atoms with Crippen LogP contribution in [0, 0.1) is 5.92 Å². The lowest BCUT2D eigenvalue weighted by molar-refractivity contribution is 0.172. The molecule has 2 unspecified atom stereocenters. The molecule has 2 aliphatic rings. The van der Waals surface area contributed by atoms with Crippen LogP contribution in [0.25, 0.3) is 0 Å². The zero-order valence-electron chi connectivity index (χ0n) is 11.5. The van der Waals surface area contributed by atoms with Gasteiger partial charge in [0, 0.05) is 25.7 Å². The first-order valence-corrected chi connectivity index (χ1v) is 7.48. The second-order valence-corrected chi connectivity index (χ2v) is 6.06. The molecule has 0 bridgehead atoms. The maximum atomic E-state index is 9.90. The van der Waals surface area contributed by atoms with Crippen molar-refractivity contribution < 1.29 is 5.11 Å². The molecular formula is C16H24N2O. The minimum absolute atomic E-state index is 0.156. The summed E-state index contributed by atoms with van der Waals surface area (Å²) >= 11 is 0.